The summed E-state index contributed by atoms with van der Waals surface area (Å²) in [6.45, 7) is 11.1. The van der Waals surface area contributed by atoms with Crippen LogP contribution in [-0.2, 0) is 28.5 Å². The van der Waals surface area contributed by atoms with Crippen LogP contribution in [0.25, 0.3) is 0 Å². The standard InChI is InChI=1S/C16H28O6/c1-8-16(10(4)19-13(17)9(2)3)12(18-7)11-14(22-16)21-15(5,6)20-11/h9-12,14H,8H2,1-7H3/t10-,11+,12-,14-,16+/m0/s1. The van der Waals surface area contributed by atoms with E-state index in [4.69, 9.17) is 23.7 Å². The number of rotatable bonds is 5. The second kappa shape index (κ2) is 6.07. The Morgan fingerprint density at radius 2 is 1.82 bits per heavy atom. The summed E-state index contributed by atoms with van der Waals surface area (Å²) in [4.78, 5) is 11.9. The number of carbonyl (C=O) groups excluding carboxylic acids is 1. The summed E-state index contributed by atoms with van der Waals surface area (Å²) in [5.74, 6) is -1.15. The Labute approximate surface area is 132 Å². The van der Waals surface area contributed by atoms with Crippen LogP contribution in [0.5, 0.6) is 0 Å². The van der Waals surface area contributed by atoms with Gasteiger partial charge in [0.25, 0.3) is 0 Å². The zero-order chi connectivity index (χ0) is 16.7. The Kier molecular flexibility index (Phi) is 4.88. The lowest BCUT2D eigenvalue weighted by Crippen LogP contribution is -2.54. The van der Waals surface area contributed by atoms with E-state index >= 15 is 0 Å². The first kappa shape index (κ1) is 17.7. The van der Waals surface area contributed by atoms with E-state index in [1.807, 2.05) is 27.7 Å². The molecule has 2 aliphatic heterocycles. The first-order valence-electron chi connectivity index (χ1n) is 7.93. The van der Waals surface area contributed by atoms with E-state index in [2.05, 4.69) is 0 Å². The van der Waals surface area contributed by atoms with Crippen molar-refractivity contribution in [2.75, 3.05) is 7.11 Å². The molecule has 0 aliphatic carbocycles. The Morgan fingerprint density at radius 1 is 1.18 bits per heavy atom. The van der Waals surface area contributed by atoms with Gasteiger partial charge in [-0.2, -0.15) is 0 Å². The summed E-state index contributed by atoms with van der Waals surface area (Å²) in [5, 5.41) is 0. The Morgan fingerprint density at radius 3 is 2.32 bits per heavy atom. The smallest absolute Gasteiger partial charge is 0.308 e. The zero-order valence-corrected chi connectivity index (χ0v) is 14.5. The number of fused-ring (bicyclic) bond motifs is 1. The van der Waals surface area contributed by atoms with Crippen molar-refractivity contribution in [3.05, 3.63) is 0 Å². The van der Waals surface area contributed by atoms with Crippen molar-refractivity contribution >= 4 is 5.97 Å². The molecular weight excluding hydrogens is 288 g/mol. The molecule has 6 heteroatoms. The van der Waals surface area contributed by atoms with Gasteiger partial charge in [-0.25, -0.2) is 0 Å². The number of ether oxygens (including phenoxy) is 5. The highest BCUT2D eigenvalue weighted by Gasteiger charge is 2.64. The van der Waals surface area contributed by atoms with Crippen LogP contribution in [0.4, 0.5) is 0 Å². The molecule has 0 radical (unpaired) electrons. The van der Waals surface area contributed by atoms with Gasteiger partial charge in [-0.05, 0) is 27.2 Å². The van der Waals surface area contributed by atoms with Crippen LogP contribution < -0.4 is 0 Å². The Bertz CT molecular complexity index is 421. The summed E-state index contributed by atoms with van der Waals surface area (Å²) in [6.07, 6.45) is -1.05. The maximum atomic E-state index is 11.9. The molecule has 2 fully saturated rings. The lowest BCUT2D eigenvalue weighted by Gasteiger charge is -2.39. The average molecular weight is 316 g/mol. The normalized spacial score (nSPS) is 38.1. The number of methoxy groups -OCH3 is 1. The summed E-state index contributed by atoms with van der Waals surface area (Å²) >= 11 is 0. The molecule has 0 spiro atoms. The molecule has 2 aliphatic rings. The SMILES string of the molecule is CC[C@]1([C@H](C)OC(=O)C(C)C)O[C@@H]2OC(C)(C)O[C@@H]2[C@@H]1OC. The fourth-order valence-corrected chi connectivity index (χ4v) is 3.26. The molecule has 2 rings (SSSR count). The highest BCUT2D eigenvalue weighted by atomic mass is 16.8. The van der Waals surface area contributed by atoms with Gasteiger partial charge < -0.3 is 23.7 Å². The summed E-state index contributed by atoms with van der Waals surface area (Å²) < 4.78 is 29.1. The van der Waals surface area contributed by atoms with Crippen LogP contribution in [0, 0.1) is 5.92 Å². The van der Waals surface area contributed by atoms with Gasteiger partial charge in [0.15, 0.2) is 12.1 Å². The van der Waals surface area contributed by atoms with Gasteiger partial charge in [0.1, 0.15) is 23.9 Å². The van der Waals surface area contributed by atoms with Crippen LogP contribution in [-0.4, -0.2) is 49.1 Å². The van der Waals surface area contributed by atoms with Gasteiger partial charge in [-0.15, -0.1) is 0 Å². The molecule has 0 aromatic rings. The minimum absolute atomic E-state index is 0.190. The Hall–Kier alpha value is -0.690. The molecule has 2 saturated heterocycles. The number of hydrogen-bond acceptors (Lipinski definition) is 6. The molecule has 0 bridgehead atoms. The monoisotopic (exact) mass is 316 g/mol. The molecule has 2 heterocycles. The van der Waals surface area contributed by atoms with Crippen molar-refractivity contribution in [1.29, 1.82) is 0 Å². The van der Waals surface area contributed by atoms with Crippen LogP contribution in [0.1, 0.15) is 48.0 Å². The fourth-order valence-electron chi connectivity index (χ4n) is 3.26. The van der Waals surface area contributed by atoms with E-state index in [1.165, 1.54) is 0 Å². The molecule has 0 aromatic carbocycles. The number of esters is 1. The molecule has 0 amide bonds. The topological polar surface area (TPSA) is 63.2 Å². The lowest BCUT2D eigenvalue weighted by molar-refractivity contribution is -0.262. The van der Waals surface area contributed by atoms with Gasteiger partial charge in [-0.3, -0.25) is 4.79 Å². The molecule has 6 nitrogen and oxygen atoms in total. The van der Waals surface area contributed by atoms with Crippen LogP contribution >= 0.6 is 0 Å². The van der Waals surface area contributed by atoms with Crippen LogP contribution in [0.2, 0.25) is 0 Å². The maximum absolute atomic E-state index is 11.9. The van der Waals surface area contributed by atoms with Gasteiger partial charge in [-0.1, -0.05) is 20.8 Å². The quantitative estimate of drug-likeness (QED) is 0.725. The van der Waals surface area contributed by atoms with Crippen molar-refractivity contribution in [3.8, 4) is 0 Å². The molecule has 128 valence electrons. The van der Waals surface area contributed by atoms with Crippen molar-refractivity contribution < 1.29 is 28.5 Å². The van der Waals surface area contributed by atoms with E-state index < -0.39 is 23.8 Å². The van der Waals surface area contributed by atoms with E-state index in [0.29, 0.717) is 6.42 Å². The van der Waals surface area contributed by atoms with Gasteiger partial charge >= 0.3 is 5.97 Å². The largest absolute Gasteiger partial charge is 0.459 e. The Balaban J connectivity index is 2.21. The maximum Gasteiger partial charge on any atom is 0.308 e. The average Bonchev–Trinajstić information content (AvgIpc) is 2.86. The van der Waals surface area contributed by atoms with E-state index in [-0.39, 0.29) is 24.1 Å². The second-order valence-electron chi connectivity index (χ2n) is 6.79. The van der Waals surface area contributed by atoms with E-state index in [9.17, 15) is 4.79 Å². The van der Waals surface area contributed by atoms with Gasteiger partial charge in [0.2, 0.25) is 0 Å². The van der Waals surface area contributed by atoms with Crippen LogP contribution in [0.3, 0.4) is 0 Å². The number of hydrogen-bond donors (Lipinski definition) is 0. The lowest BCUT2D eigenvalue weighted by atomic mass is 9.87. The van der Waals surface area contributed by atoms with Crippen molar-refractivity contribution in [2.24, 2.45) is 5.92 Å². The molecule has 0 aromatic heterocycles. The third kappa shape index (κ3) is 2.89. The van der Waals surface area contributed by atoms with Crippen molar-refractivity contribution in [3.63, 3.8) is 0 Å². The summed E-state index contributed by atoms with van der Waals surface area (Å²) in [6, 6.07) is 0. The molecular formula is C16H28O6. The molecule has 0 unspecified atom stereocenters. The zero-order valence-electron chi connectivity index (χ0n) is 14.5. The van der Waals surface area contributed by atoms with Gasteiger partial charge in [0, 0.05) is 7.11 Å². The molecule has 5 atom stereocenters. The predicted octanol–water partition coefficient (Wildman–Crippen LogP) is 2.25. The highest BCUT2D eigenvalue weighted by molar-refractivity contribution is 5.71. The summed E-state index contributed by atoms with van der Waals surface area (Å²) in [5.41, 5.74) is -0.773. The van der Waals surface area contributed by atoms with Crippen LogP contribution in [0.15, 0.2) is 0 Å². The molecule has 22 heavy (non-hydrogen) atoms. The first-order valence-corrected chi connectivity index (χ1v) is 7.93. The predicted molar refractivity (Wildman–Crippen MR) is 79.1 cm³/mol. The minimum atomic E-state index is -0.773. The first-order chi connectivity index (χ1) is 10.2. The van der Waals surface area contributed by atoms with Crippen molar-refractivity contribution in [1.82, 2.24) is 0 Å². The highest BCUT2D eigenvalue weighted by Crippen LogP contribution is 2.47. The second-order valence-corrected chi connectivity index (χ2v) is 6.79. The fraction of sp³-hybridized carbons (Fsp3) is 0.938. The third-order valence-electron chi connectivity index (χ3n) is 4.46. The van der Waals surface area contributed by atoms with Gasteiger partial charge in [0.05, 0.1) is 5.92 Å². The minimum Gasteiger partial charge on any atom is -0.459 e. The molecule has 0 N–H and O–H groups in total. The third-order valence-corrected chi connectivity index (χ3v) is 4.46. The summed E-state index contributed by atoms with van der Waals surface area (Å²) in [7, 11) is 1.62. The molecule has 0 saturated carbocycles. The van der Waals surface area contributed by atoms with Crippen molar-refractivity contribution in [2.45, 2.75) is 84.0 Å². The van der Waals surface area contributed by atoms with E-state index in [0.717, 1.165) is 0 Å². The van der Waals surface area contributed by atoms with E-state index in [1.54, 1.807) is 21.0 Å². The number of carbonyl (C=O) groups is 1.